The normalized spacial score (nSPS) is 28.9. The second-order valence-corrected chi connectivity index (χ2v) is 6.15. The van der Waals surface area contributed by atoms with Crippen LogP contribution in [0.1, 0.15) is 39.0 Å². The van der Waals surface area contributed by atoms with Gasteiger partial charge in [-0.25, -0.2) is 0 Å². The van der Waals surface area contributed by atoms with Crippen LogP contribution in [0.2, 0.25) is 0 Å². The number of rotatable bonds is 5. The van der Waals surface area contributed by atoms with Crippen LogP contribution < -0.4 is 0 Å². The van der Waals surface area contributed by atoms with Crippen LogP contribution >= 0.6 is 12.6 Å². The van der Waals surface area contributed by atoms with Gasteiger partial charge < -0.3 is 4.90 Å². The Bertz CT molecular complexity index is 220. The monoisotopic (exact) mass is 256 g/mol. The molecule has 0 aromatic carbocycles. The van der Waals surface area contributed by atoms with E-state index >= 15 is 0 Å². The SMILES string of the molecule is CCCC(CS)CN1CCN2CCCCC2C1. The first-order valence-corrected chi connectivity index (χ1v) is 8.04. The molecule has 0 spiro atoms. The van der Waals surface area contributed by atoms with Crippen molar-refractivity contribution in [3.8, 4) is 0 Å². The molecule has 0 saturated carbocycles. The van der Waals surface area contributed by atoms with E-state index in [1.165, 1.54) is 64.8 Å². The molecule has 2 aliphatic rings. The summed E-state index contributed by atoms with van der Waals surface area (Å²) in [5.74, 6) is 1.86. The van der Waals surface area contributed by atoms with Gasteiger partial charge in [-0.3, -0.25) is 4.90 Å². The molecule has 0 aromatic rings. The van der Waals surface area contributed by atoms with Crippen molar-refractivity contribution in [2.24, 2.45) is 5.92 Å². The van der Waals surface area contributed by atoms with Crippen molar-refractivity contribution in [1.82, 2.24) is 9.80 Å². The molecule has 2 fully saturated rings. The maximum absolute atomic E-state index is 4.50. The van der Waals surface area contributed by atoms with E-state index in [1.807, 2.05) is 0 Å². The first-order chi connectivity index (χ1) is 8.33. The van der Waals surface area contributed by atoms with Gasteiger partial charge >= 0.3 is 0 Å². The first kappa shape index (κ1) is 13.7. The number of fused-ring (bicyclic) bond motifs is 1. The molecule has 0 radical (unpaired) electrons. The minimum Gasteiger partial charge on any atom is -0.300 e. The van der Waals surface area contributed by atoms with E-state index in [2.05, 4.69) is 29.4 Å². The van der Waals surface area contributed by atoms with E-state index in [0.717, 1.165) is 17.7 Å². The quantitative estimate of drug-likeness (QED) is 0.755. The number of piperazine rings is 1. The molecule has 2 nitrogen and oxygen atoms in total. The lowest BCUT2D eigenvalue weighted by Gasteiger charge is -2.44. The van der Waals surface area contributed by atoms with Gasteiger partial charge in [0, 0.05) is 32.2 Å². The van der Waals surface area contributed by atoms with Crippen LogP contribution in [0.25, 0.3) is 0 Å². The minimum atomic E-state index is 0.804. The molecule has 17 heavy (non-hydrogen) atoms. The Balaban J connectivity index is 1.78. The van der Waals surface area contributed by atoms with Crippen LogP contribution in [0.4, 0.5) is 0 Å². The van der Waals surface area contributed by atoms with Crippen molar-refractivity contribution in [3.05, 3.63) is 0 Å². The molecule has 0 aromatic heterocycles. The number of piperidine rings is 1. The van der Waals surface area contributed by atoms with Crippen molar-refractivity contribution in [2.75, 3.05) is 38.5 Å². The second-order valence-electron chi connectivity index (χ2n) is 5.78. The molecule has 0 N–H and O–H groups in total. The zero-order valence-corrected chi connectivity index (χ0v) is 12.2. The minimum absolute atomic E-state index is 0.804. The topological polar surface area (TPSA) is 6.48 Å². The molecule has 2 atom stereocenters. The Morgan fingerprint density at radius 1 is 1.24 bits per heavy atom. The van der Waals surface area contributed by atoms with Crippen LogP contribution in [0.15, 0.2) is 0 Å². The Hall–Kier alpha value is 0.270. The van der Waals surface area contributed by atoms with Gasteiger partial charge in [0.05, 0.1) is 0 Å². The molecule has 2 saturated heterocycles. The lowest BCUT2D eigenvalue weighted by Crippen LogP contribution is -2.55. The Kier molecular flexibility index (Phi) is 5.64. The molecule has 0 amide bonds. The molecule has 2 heterocycles. The second kappa shape index (κ2) is 7.01. The summed E-state index contributed by atoms with van der Waals surface area (Å²) < 4.78 is 0. The van der Waals surface area contributed by atoms with Gasteiger partial charge in [0.2, 0.25) is 0 Å². The fraction of sp³-hybridized carbons (Fsp3) is 1.00. The van der Waals surface area contributed by atoms with Gasteiger partial charge in [-0.15, -0.1) is 0 Å². The van der Waals surface area contributed by atoms with Crippen molar-refractivity contribution >= 4 is 12.6 Å². The maximum Gasteiger partial charge on any atom is 0.0223 e. The highest BCUT2D eigenvalue weighted by Gasteiger charge is 2.29. The Labute approximate surface area is 112 Å². The average Bonchev–Trinajstić information content (AvgIpc) is 2.38. The predicted molar refractivity (Wildman–Crippen MR) is 77.9 cm³/mol. The highest BCUT2D eigenvalue weighted by atomic mass is 32.1. The largest absolute Gasteiger partial charge is 0.300 e. The van der Waals surface area contributed by atoms with Crippen molar-refractivity contribution in [2.45, 2.75) is 45.1 Å². The van der Waals surface area contributed by atoms with Gasteiger partial charge in [0.15, 0.2) is 0 Å². The zero-order chi connectivity index (χ0) is 12.1. The molecular formula is C14H28N2S. The highest BCUT2D eigenvalue weighted by molar-refractivity contribution is 7.80. The van der Waals surface area contributed by atoms with E-state index in [-0.39, 0.29) is 0 Å². The van der Waals surface area contributed by atoms with Crippen molar-refractivity contribution in [3.63, 3.8) is 0 Å². The fourth-order valence-electron chi connectivity index (χ4n) is 3.40. The summed E-state index contributed by atoms with van der Waals surface area (Å²) in [4.78, 5) is 5.42. The van der Waals surface area contributed by atoms with E-state index in [9.17, 15) is 0 Å². The molecule has 0 aliphatic carbocycles. The third-order valence-electron chi connectivity index (χ3n) is 4.39. The molecule has 100 valence electrons. The van der Waals surface area contributed by atoms with E-state index in [0.29, 0.717) is 0 Å². The fourth-order valence-corrected chi connectivity index (χ4v) is 3.70. The highest BCUT2D eigenvalue weighted by Crippen LogP contribution is 2.22. The summed E-state index contributed by atoms with van der Waals surface area (Å²) >= 11 is 4.50. The van der Waals surface area contributed by atoms with E-state index in [1.54, 1.807) is 0 Å². The molecule has 2 aliphatic heterocycles. The summed E-state index contributed by atoms with van der Waals surface area (Å²) in [5.41, 5.74) is 0. The number of nitrogens with zero attached hydrogens (tertiary/aromatic N) is 2. The smallest absolute Gasteiger partial charge is 0.0223 e. The number of hydrogen-bond acceptors (Lipinski definition) is 3. The van der Waals surface area contributed by atoms with Gasteiger partial charge in [-0.1, -0.05) is 19.8 Å². The molecule has 2 unspecified atom stereocenters. The predicted octanol–water partition coefficient (Wildman–Crippen LogP) is 2.50. The summed E-state index contributed by atoms with van der Waals surface area (Å²) in [6.45, 7) is 8.81. The standard InChI is InChI=1S/C14H28N2S/c1-2-5-13(12-17)10-15-8-9-16-7-4-3-6-14(16)11-15/h13-14,17H,2-12H2,1H3. The van der Waals surface area contributed by atoms with E-state index < -0.39 is 0 Å². The van der Waals surface area contributed by atoms with Crippen LogP contribution in [0.3, 0.4) is 0 Å². The lowest BCUT2D eigenvalue weighted by atomic mass is 9.98. The molecule has 2 rings (SSSR count). The average molecular weight is 256 g/mol. The van der Waals surface area contributed by atoms with Gasteiger partial charge in [0.1, 0.15) is 0 Å². The number of thiol groups is 1. The van der Waals surface area contributed by atoms with Crippen LogP contribution in [-0.2, 0) is 0 Å². The van der Waals surface area contributed by atoms with Crippen molar-refractivity contribution in [1.29, 1.82) is 0 Å². The van der Waals surface area contributed by atoms with Gasteiger partial charge in [-0.05, 0) is 37.5 Å². The van der Waals surface area contributed by atoms with Crippen LogP contribution in [0, 0.1) is 5.92 Å². The Morgan fingerprint density at radius 3 is 2.88 bits per heavy atom. The maximum atomic E-state index is 4.50. The molecule has 0 bridgehead atoms. The third kappa shape index (κ3) is 3.87. The van der Waals surface area contributed by atoms with Gasteiger partial charge in [-0.2, -0.15) is 12.6 Å². The summed E-state index contributed by atoms with van der Waals surface area (Å²) in [6, 6.07) is 0.861. The van der Waals surface area contributed by atoms with Gasteiger partial charge in [0.25, 0.3) is 0 Å². The molecule has 3 heteroatoms. The zero-order valence-electron chi connectivity index (χ0n) is 11.3. The van der Waals surface area contributed by atoms with Crippen LogP contribution in [-0.4, -0.2) is 54.3 Å². The van der Waals surface area contributed by atoms with Crippen molar-refractivity contribution < 1.29 is 0 Å². The van der Waals surface area contributed by atoms with Crippen LogP contribution in [0.5, 0.6) is 0 Å². The Morgan fingerprint density at radius 2 is 2.12 bits per heavy atom. The third-order valence-corrected chi connectivity index (χ3v) is 4.91. The van der Waals surface area contributed by atoms with E-state index in [4.69, 9.17) is 0 Å². The first-order valence-electron chi connectivity index (χ1n) is 7.40. The summed E-state index contributed by atoms with van der Waals surface area (Å²) in [6.07, 6.45) is 6.93. The molecular weight excluding hydrogens is 228 g/mol. The summed E-state index contributed by atoms with van der Waals surface area (Å²) in [7, 11) is 0. The number of hydrogen-bond donors (Lipinski definition) is 1. The lowest BCUT2D eigenvalue weighted by molar-refractivity contribution is 0.0427. The summed E-state index contributed by atoms with van der Waals surface area (Å²) in [5, 5.41) is 0.